The highest BCUT2D eigenvalue weighted by atomic mass is 28.4. The van der Waals surface area contributed by atoms with Gasteiger partial charge in [-0.05, 0) is 32.6 Å². The zero-order chi connectivity index (χ0) is 10.9. The van der Waals surface area contributed by atoms with Crippen molar-refractivity contribution in [1.29, 1.82) is 0 Å². The van der Waals surface area contributed by atoms with Crippen LogP contribution < -0.4 is 10.6 Å². The van der Waals surface area contributed by atoms with Gasteiger partial charge in [0.2, 0.25) is 0 Å². The summed E-state index contributed by atoms with van der Waals surface area (Å²) in [6, 6.07) is 1.05. The summed E-state index contributed by atoms with van der Waals surface area (Å²) in [6.07, 6.45) is 1.12. The van der Waals surface area contributed by atoms with Crippen LogP contribution in [0.15, 0.2) is 0 Å². The fourth-order valence-electron chi connectivity index (χ4n) is 1.16. The normalized spacial score (nSPS) is 12.0. The van der Waals surface area contributed by atoms with E-state index in [1.54, 1.807) is 14.2 Å². The average Bonchev–Trinajstić information content (AvgIpc) is 2.23. The van der Waals surface area contributed by atoms with Gasteiger partial charge in [0.15, 0.2) is 0 Å². The molecule has 0 saturated carbocycles. The molecule has 0 amide bonds. The number of hydrogen-bond donors (Lipinski definition) is 2. The molecule has 0 heterocycles. The highest BCUT2D eigenvalue weighted by molar-refractivity contribution is 6.65. The van der Waals surface area contributed by atoms with Gasteiger partial charge in [-0.1, -0.05) is 0 Å². The lowest BCUT2D eigenvalue weighted by molar-refractivity contribution is 0.248. The first kappa shape index (κ1) is 14.1. The van der Waals surface area contributed by atoms with E-state index in [1.807, 2.05) is 7.05 Å². The highest BCUT2D eigenvalue weighted by Gasteiger charge is 2.27. The molecule has 0 saturated heterocycles. The molecule has 0 unspecified atom stereocenters. The van der Waals surface area contributed by atoms with E-state index < -0.39 is 8.56 Å². The van der Waals surface area contributed by atoms with Crippen molar-refractivity contribution >= 4 is 8.56 Å². The van der Waals surface area contributed by atoms with E-state index in [9.17, 15) is 0 Å². The molecule has 0 radical (unpaired) electrons. The van der Waals surface area contributed by atoms with Crippen LogP contribution in [0.1, 0.15) is 6.42 Å². The Morgan fingerprint density at radius 1 is 1.07 bits per heavy atom. The van der Waals surface area contributed by atoms with Crippen LogP contribution in [-0.2, 0) is 8.85 Å². The van der Waals surface area contributed by atoms with Crippen LogP contribution in [0.5, 0.6) is 0 Å². The molecule has 0 fully saturated rings. The third-order valence-electron chi connectivity index (χ3n) is 2.40. The van der Waals surface area contributed by atoms with Gasteiger partial charge in [0.1, 0.15) is 0 Å². The zero-order valence-corrected chi connectivity index (χ0v) is 10.9. The fourth-order valence-corrected chi connectivity index (χ4v) is 2.55. The van der Waals surface area contributed by atoms with Crippen LogP contribution in [0.2, 0.25) is 12.6 Å². The Balaban J connectivity index is 3.34. The van der Waals surface area contributed by atoms with Gasteiger partial charge >= 0.3 is 8.56 Å². The topological polar surface area (TPSA) is 42.5 Å². The number of nitrogens with one attached hydrogen (secondary N) is 2. The van der Waals surface area contributed by atoms with Gasteiger partial charge in [0, 0.05) is 27.3 Å². The summed E-state index contributed by atoms with van der Waals surface area (Å²) in [5.41, 5.74) is 0. The zero-order valence-electron chi connectivity index (χ0n) is 9.85. The maximum atomic E-state index is 5.39. The Kier molecular flexibility index (Phi) is 8.41. The molecule has 0 bridgehead atoms. The minimum absolute atomic E-state index is 1.02. The molecule has 5 heteroatoms. The summed E-state index contributed by atoms with van der Waals surface area (Å²) in [6.45, 7) is 5.18. The molecule has 0 aliphatic heterocycles. The molecule has 0 rings (SSSR count). The third-order valence-corrected chi connectivity index (χ3v) is 5.39. The van der Waals surface area contributed by atoms with Crippen molar-refractivity contribution in [1.82, 2.24) is 10.6 Å². The predicted octanol–water partition coefficient (Wildman–Crippen LogP) is 0.550. The lowest BCUT2D eigenvalue weighted by Crippen LogP contribution is -2.37. The Hall–Kier alpha value is 0.0569. The van der Waals surface area contributed by atoms with Crippen LogP contribution >= 0.6 is 0 Å². The van der Waals surface area contributed by atoms with E-state index in [0.29, 0.717) is 0 Å². The minimum Gasteiger partial charge on any atom is -0.398 e. The predicted molar refractivity (Wildman–Crippen MR) is 61.9 cm³/mol. The van der Waals surface area contributed by atoms with Crippen molar-refractivity contribution in [2.75, 3.05) is 40.9 Å². The summed E-state index contributed by atoms with van der Waals surface area (Å²) in [4.78, 5) is 0. The Labute approximate surface area is 88.6 Å². The van der Waals surface area contributed by atoms with E-state index >= 15 is 0 Å². The SMILES string of the molecule is CNCCNCCC[Si](C)(OC)OC. The maximum Gasteiger partial charge on any atom is 0.334 e. The summed E-state index contributed by atoms with van der Waals surface area (Å²) < 4.78 is 10.8. The maximum absolute atomic E-state index is 5.39. The molecule has 86 valence electrons. The fraction of sp³-hybridized carbons (Fsp3) is 1.00. The summed E-state index contributed by atoms with van der Waals surface area (Å²) in [5, 5.41) is 6.45. The van der Waals surface area contributed by atoms with Crippen LogP contribution in [-0.4, -0.2) is 49.5 Å². The second kappa shape index (κ2) is 8.37. The number of rotatable bonds is 9. The van der Waals surface area contributed by atoms with E-state index in [0.717, 1.165) is 32.1 Å². The largest absolute Gasteiger partial charge is 0.398 e. The first-order chi connectivity index (χ1) is 6.68. The molecule has 0 atom stereocenters. The average molecular weight is 220 g/mol. The smallest absolute Gasteiger partial charge is 0.334 e. The van der Waals surface area contributed by atoms with Crippen molar-refractivity contribution in [3.05, 3.63) is 0 Å². The molecule has 0 aliphatic rings. The van der Waals surface area contributed by atoms with Gasteiger partial charge in [-0.15, -0.1) is 0 Å². The first-order valence-electron chi connectivity index (χ1n) is 5.14. The molecule has 0 spiro atoms. The Bertz CT molecular complexity index is 132. The van der Waals surface area contributed by atoms with Gasteiger partial charge in [0.25, 0.3) is 0 Å². The standard InChI is InChI=1S/C9H24N2O2Si/c1-10-7-8-11-6-5-9-14(4,12-2)13-3/h10-11H,5-9H2,1-4H3. The van der Waals surface area contributed by atoms with Gasteiger partial charge < -0.3 is 19.5 Å². The molecule has 14 heavy (non-hydrogen) atoms. The Morgan fingerprint density at radius 2 is 1.71 bits per heavy atom. The Morgan fingerprint density at radius 3 is 2.21 bits per heavy atom. The minimum atomic E-state index is -1.82. The lowest BCUT2D eigenvalue weighted by atomic mass is 10.4. The molecule has 0 aromatic rings. The van der Waals surface area contributed by atoms with Crippen molar-refractivity contribution in [3.63, 3.8) is 0 Å². The summed E-state index contributed by atoms with van der Waals surface area (Å²) >= 11 is 0. The van der Waals surface area contributed by atoms with Crippen LogP contribution in [0.3, 0.4) is 0 Å². The second-order valence-corrected chi connectivity index (χ2v) is 7.08. The highest BCUT2D eigenvalue weighted by Crippen LogP contribution is 2.12. The molecule has 0 aromatic carbocycles. The van der Waals surface area contributed by atoms with Crippen molar-refractivity contribution in [2.24, 2.45) is 0 Å². The van der Waals surface area contributed by atoms with Gasteiger partial charge in [-0.25, -0.2) is 0 Å². The lowest BCUT2D eigenvalue weighted by Gasteiger charge is -2.22. The third kappa shape index (κ3) is 6.50. The van der Waals surface area contributed by atoms with Crippen molar-refractivity contribution in [2.45, 2.75) is 19.0 Å². The van der Waals surface area contributed by atoms with E-state index in [4.69, 9.17) is 8.85 Å². The monoisotopic (exact) mass is 220 g/mol. The number of likely N-dealkylation sites (N-methyl/N-ethyl adjacent to an activating group) is 1. The van der Waals surface area contributed by atoms with Gasteiger partial charge in [0.05, 0.1) is 0 Å². The molecule has 0 aliphatic carbocycles. The molecular weight excluding hydrogens is 196 g/mol. The first-order valence-corrected chi connectivity index (χ1v) is 7.66. The van der Waals surface area contributed by atoms with Crippen molar-refractivity contribution in [3.8, 4) is 0 Å². The molecular formula is C9H24N2O2Si. The summed E-state index contributed by atoms with van der Waals surface area (Å²) in [5.74, 6) is 0. The van der Waals surface area contributed by atoms with Crippen LogP contribution in [0, 0.1) is 0 Å². The van der Waals surface area contributed by atoms with E-state index in [1.165, 1.54) is 0 Å². The van der Waals surface area contributed by atoms with E-state index in [2.05, 4.69) is 17.2 Å². The molecule has 2 N–H and O–H groups in total. The summed E-state index contributed by atoms with van der Waals surface area (Å²) in [7, 11) is 3.62. The molecule has 4 nitrogen and oxygen atoms in total. The quantitative estimate of drug-likeness (QED) is 0.440. The molecule has 0 aromatic heterocycles. The van der Waals surface area contributed by atoms with Crippen LogP contribution in [0.4, 0.5) is 0 Å². The second-order valence-electron chi connectivity index (χ2n) is 3.50. The van der Waals surface area contributed by atoms with Gasteiger partial charge in [-0.3, -0.25) is 0 Å². The van der Waals surface area contributed by atoms with E-state index in [-0.39, 0.29) is 0 Å². The number of hydrogen-bond acceptors (Lipinski definition) is 4. The van der Waals surface area contributed by atoms with Crippen molar-refractivity contribution < 1.29 is 8.85 Å². The van der Waals surface area contributed by atoms with Gasteiger partial charge in [-0.2, -0.15) is 0 Å². The van der Waals surface area contributed by atoms with Crippen LogP contribution in [0.25, 0.3) is 0 Å².